The van der Waals surface area contributed by atoms with Gasteiger partial charge in [0.2, 0.25) is 5.88 Å². The number of halogens is 3. The van der Waals surface area contributed by atoms with E-state index in [-0.39, 0.29) is 34.4 Å². The summed E-state index contributed by atoms with van der Waals surface area (Å²) >= 11 is 5.85. The second-order valence-electron chi connectivity index (χ2n) is 6.94. The summed E-state index contributed by atoms with van der Waals surface area (Å²) in [6.45, 7) is 1.76. The van der Waals surface area contributed by atoms with Crippen molar-refractivity contribution in [2.45, 2.75) is 11.8 Å². The molecule has 35 heavy (non-hydrogen) atoms. The van der Waals surface area contributed by atoms with Crippen LogP contribution in [0, 0.1) is 11.6 Å². The second kappa shape index (κ2) is 9.43. The van der Waals surface area contributed by atoms with Gasteiger partial charge in [-0.15, -0.1) is 0 Å². The first-order chi connectivity index (χ1) is 16.7. The molecule has 4 aromatic rings. The Kier molecular flexibility index (Phi) is 6.54. The van der Waals surface area contributed by atoms with E-state index in [0.717, 1.165) is 24.4 Å². The number of nitrogens with one attached hydrogen (secondary N) is 1. The quantitative estimate of drug-likeness (QED) is 0.363. The highest BCUT2D eigenvalue weighted by Crippen LogP contribution is 2.33. The van der Waals surface area contributed by atoms with Gasteiger partial charge in [-0.1, -0.05) is 11.6 Å². The normalized spacial score (nSPS) is 11.5. The Labute approximate surface area is 202 Å². The molecular formula is C21H16ClF2N5O5S. The number of aromatic nitrogens is 4. The van der Waals surface area contributed by atoms with Crippen LogP contribution >= 0.6 is 11.6 Å². The highest BCUT2D eigenvalue weighted by molar-refractivity contribution is 7.92. The highest BCUT2D eigenvalue weighted by atomic mass is 35.5. The van der Waals surface area contributed by atoms with Gasteiger partial charge in [0.25, 0.3) is 10.0 Å². The van der Waals surface area contributed by atoms with E-state index in [4.69, 9.17) is 21.1 Å². The Bertz CT molecular complexity index is 1560. The van der Waals surface area contributed by atoms with Gasteiger partial charge in [0.15, 0.2) is 22.1 Å². The third kappa shape index (κ3) is 4.59. The molecule has 0 aliphatic heterocycles. The number of hydrogen-bond donors (Lipinski definition) is 1. The summed E-state index contributed by atoms with van der Waals surface area (Å²) in [5, 5.41) is 0.00772. The van der Waals surface area contributed by atoms with Gasteiger partial charge in [-0.3, -0.25) is 9.12 Å². The van der Waals surface area contributed by atoms with Crippen LogP contribution in [-0.4, -0.2) is 47.5 Å². The molecule has 4 rings (SSSR count). The number of ether oxygens (including phenoxy) is 2. The van der Waals surface area contributed by atoms with E-state index in [0.29, 0.717) is 0 Å². The Balaban J connectivity index is 1.75. The summed E-state index contributed by atoms with van der Waals surface area (Å²) in [5.41, 5.74) is -1.08. The maximum absolute atomic E-state index is 15.4. The topological polar surface area (TPSA) is 125 Å². The van der Waals surface area contributed by atoms with Crippen molar-refractivity contribution >= 4 is 38.9 Å². The second-order valence-corrected chi connectivity index (χ2v) is 9.02. The van der Waals surface area contributed by atoms with Gasteiger partial charge >= 0.3 is 5.97 Å². The molecule has 3 aromatic heterocycles. The Morgan fingerprint density at radius 1 is 1.20 bits per heavy atom. The van der Waals surface area contributed by atoms with Gasteiger partial charge in [-0.25, -0.2) is 36.9 Å². The van der Waals surface area contributed by atoms with E-state index < -0.39 is 43.8 Å². The summed E-state index contributed by atoms with van der Waals surface area (Å²) in [5.74, 6) is -3.14. The Morgan fingerprint density at radius 2 is 1.97 bits per heavy atom. The molecule has 0 saturated heterocycles. The van der Waals surface area contributed by atoms with Crippen LogP contribution < -0.4 is 9.46 Å². The lowest BCUT2D eigenvalue weighted by Gasteiger charge is -2.14. The molecule has 0 aliphatic rings. The van der Waals surface area contributed by atoms with Crippen molar-refractivity contribution in [2.24, 2.45) is 0 Å². The molecule has 0 amide bonds. The monoisotopic (exact) mass is 523 g/mol. The standard InChI is InChI=1S/C21H16ClF2N5O5S/c1-3-34-21(30)18-19-25-7-11(9-29(19)10-27-18)16-13(23)4-5-14(17(16)24)28-35(31,32)15-6-12(22)8-26-20(15)33-2/h4-10,28H,3H2,1-2H3. The molecule has 182 valence electrons. The number of sulfonamides is 1. The van der Waals surface area contributed by atoms with Gasteiger partial charge in [0.05, 0.1) is 30.0 Å². The Morgan fingerprint density at radius 3 is 2.69 bits per heavy atom. The molecule has 0 fully saturated rings. The first kappa shape index (κ1) is 24.3. The molecule has 0 bridgehead atoms. The summed E-state index contributed by atoms with van der Waals surface area (Å²) in [6.07, 6.45) is 4.84. The molecule has 14 heteroatoms. The molecule has 10 nitrogen and oxygen atoms in total. The van der Waals surface area contributed by atoms with Crippen LogP contribution in [0.2, 0.25) is 5.02 Å². The lowest BCUT2D eigenvalue weighted by atomic mass is 10.1. The molecule has 0 unspecified atom stereocenters. The van der Waals surface area contributed by atoms with Crippen molar-refractivity contribution in [1.82, 2.24) is 19.4 Å². The van der Waals surface area contributed by atoms with Crippen molar-refractivity contribution in [2.75, 3.05) is 18.4 Å². The number of nitrogens with zero attached hydrogens (tertiary/aromatic N) is 4. The minimum Gasteiger partial charge on any atom is -0.480 e. The van der Waals surface area contributed by atoms with Crippen LogP contribution in [0.25, 0.3) is 16.8 Å². The van der Waals surface area contributed by atoms with Crippen LogP contribution in [0.3, 0.4) is 0 Å². The lowest BCUT2D eigenvalue weighted by Crippen LogP contribution is -2.16. The molecule has 1 aromatic carbocycles. The zero-order valence-corrected chi connectivity index (χ0v) is 19.7. The molecule has 0 atom stereocenters. The SMILES string of the molecule is CCOC(=O)c1ncn2cc(-c3c(F)ccc(NS(=O)(=O)c4cc(Cl)cnc4OC)c3F)cnc12. The average Bonchev–Trinajstić information content (AvgIpc) is 3.25. The van der Waals surface area contributed by atoms with Crippen LogP contribution in [-0.2, 0) is 14.8 Å². The maximum atomic E-state index is 15.4. The number of rotatable bonds is 7. The molecule has 1 N–H and O–H groups in total. The summed E-state index contributed by atoms with van der Waals surface area (Å²) in [6, 6.07) is 2.90. The number of esters is 1. The predicted molar refractivity (Wildman–Crippen MR) is 121 cm³/mol. The van der Waals surface area contributed by atoms with Crippen molar-refractivity contribution in [3.05, 3.63) is 65.5 Å². The van der Waals surface area contributed by atoms with E-state index in [1.54, 1.807) is 6.92 Å². The number of imidazole rings is 1. The zero-order chi connectivity index (χ0) is 25.3. The van der Waals surface area contributed by atoms with Gasteiger partial charge in [0.1, 0.15) is 12.1 Å². The first-order valence-electron chi connectivity index (χ1n) is 9.86. The van der Waals surface area contributed by atoms with Crippen LogP contribution in [0.5, 0.6) is 5.88 Å². The number of fused-ring (bicyclic) bond motifs is 1. The zero-order valence-electron chi connectivity index (χ0n) is 18.1. The van der Waals surface area contributed by atoms with E-state index >= 15 is 4.39 Å². The number of pyridine rings is 1. The van der Waals surface area contributed by atoms with Crippen molar-refractivity contribution in [1.29, 1.82) is 0 Å². The molecule has 0 aliphatic carbocycles. The maximum Gasteiger partial charge on any atom is 0.360 e. The first-order valence-corrected chi connectivity index (χ1v) is 11.7. The molecule has 0 saturated carbocycles. The predicted octanol–water partition coefficient (Wildman–Crippen LogP) is 3.71. The summed E-state index contributed by atoms with van der Waals surface area (Å²) in [7, 11) is -3.22. The third-order valence-electron chi connectivity index (χ3n) is 4.73. The van der Waals surface area contributed by atoms with E-state index in [2.05, 4.69) is 19.7 Å². The van der Waals surface area contributed by atoms with Crippen LogP contribution in [0.4, 0.5) is 14.5 Å². The molecule has 0 spiro atoms. The summed E-state index contributed by atoms with van der Waals surface area (Å²) < 4.78 is 69.1. The van der Waals surface area contributed by atoms with E-state index in [9.17, 15) is 17.6 Å². The number of anilines is 1. The van der Waals surface area contributed by atoms with Crippen molar-refractivity contribution in [3.8, 4) is 17.0 Å². The molecule has 3 heterocycles. The number of hydrogen-bond acceptors (Lipinski definition) is 8. The van der Waals surface area contributed by atoms with Gasteiger partial charge < -0.3 is 9.47 Å². The van der Waals surface area contributed by atoms with Gasteiger partial charge in [-0.2, -0.15) is 0 Å². The number of methoxy groups -OCH3 is 1. The minimum atomic E-state index is -4.43. The number of carbonyl (C=O) groups is 1. The highest BCUT2D eigenvalue weighted by Gasteiger charge is 2.25. The van der Waals surface area contributed by atoms with Crippen molar-refractivity contribution < 1.29 is 31.5 Å². The average molecular weight is 524 g/mol. The van der Waals surface area contributed by atoms with Gasteiger partial charge in [0, 0.05) is 24.2 Å². The molecule has 0 radical (unpaired) electrons. The smallest absolute Gasteiger partial charge is 0.360 e. The van der Waals surface area contributed by atoms with Crippen LogP contribution in [0.15, 0.2) is 48.0 Å². The van der Waals surface area contributed by atoms with Gasteiger partial charge in [-0.05, 0) is 25.1 Å². The fourth-order valence-electron chi connectivity index (χ4n) is 3.21. The fourth-order valence-corrected chi connectivity index (χ4v) is 4.64. The number of benzene rings is 1. The fraction of sp³-hybridized carbons (Fsp3) is 0.143. The summed E-state index contributed by atoms with van der Waals surface area (Å²) in [4.78, 5) is 23.4. The Hall–Kier alpha value is -3.84. The lowest BCUT2D eigenvalue weighted by molar-refractivity contribution is 0.0522. The number of carbonyl (C=O) groups excluding carboxylic acids is 1. The van der Waals surface area contributed by atoms with Crippen molar-refractivity contribution in [3.63, 3.8) is 0 Å². The largest absolute Gasteiger partial charge is 0.480 e. The van der Waals surface area contributed by atoms with E-state index in [1.807, 2.05) is 0 Å². The molecular weight excluding hydrogens is 508 g/mol. The van der Waals surface area contributed by atoms with E-state index in [1.165, 1.54) is 30.2 Å². The van der Waals surface area contributed by atoms with Crippen LogP contribution in [0.1, 0.15) is 17.4 Å². The minimum absolute atomic E-state index is 0.00772. The third-order valence-corrected chi connectivity index (χ3v) is 6.30.